The summed E-state index contributed by atoms with van der Waals surface area (Å²) in [7, 11) is -1.45. The van der Waals surface area contributed by atoms with Gasteiger partial charge in [-0.3, -0.25) is 9.55 Å². The lowest BCUT2D eigenvalue weighted by Crippen LogP contribution is -2.29. The van der Waals surface area contributed by atoms with E-state index in [0.717, 1.165) is 29.1 Å². The van der Waals surface area contributed by atoms with Crippen LogP contribution in [-0.2, 0) is 9.09 Å². The van der Waals surface area contributed by atoms with Crippen LogP contribution < -0.4 is 10.1 Å². The lowest BCUT2D eigenvalue weighted by Gasteiger charge is -2.38. The number of phenolic OH excluding ortho intramolecular Hbond substituents is 1. The standard InChI is InChI=1S/C23H33N2O4P/c1-15-11-18(12-20(28-6)22(15)26)21(30(27)10-9-23(4,5)14-29-30)13-24-19-8-7-16(2)25-17(19)3/h7-8,11-12,21,24,26H,9-10,13-14H2,1-6H3. The summed E-state index contributed by atoms with van der Waals surface area (Å²) in [6.07, 6.45) is 1.37. The number of pyridine rings is 1. The van der Waals surface area contributed by atoms with E-state index in [9.17, 15) is 9.67 Å². The van der Waals surface area contributed by atoms with E-state index in [4.69, 9.17) is 9.26 Å². The van der Waals surface area contributed by atoms with Crippen molar-refractivity contribution in [2.45, 2.75) is 46.7 Å². The van der Waals surface area contributed by atoms with E-state index in [0.29, 0.717) is 30.6 Å². The second-order valence-corrected chi connectivity index (χ2v) is 11.8. The van der Waals surface area contributed by atoms with Gasteiger partial charge in [0.05, 0.1) is 30.8 Å². The average molecular weight is 433 g/mol. The maximum Gasteiger partial charge on any atom is 0.212 e. The van der Waals surface area contributed by atoms with Crippen LogP contribution in [0.3, 0.4) is 0 Å². The molecule has 2 N–H and O–H groups in total. The normalized spacial score (nSPS) is 21.8. The van der Waals surface area contributed by atoms with Crippen LogP contribution in [0.15, 0.2) is 24.3 Å². The van der Waals surface area contributed by atoms with Gasteiger partial charge < -0.3 is 19.7 Å². The summed E-state index contributed by atoms with van der Waals surface area (Å²) in [4.78, 5) is 4.51. The smallest absolute Gasteiger partial charge is 0.212 e. The number of phenols is 1. The second kappa shape index (κ2) is 8.60. The Kier molecular flexibility index (Phi) is 6.49. The summed E-state index contributed by atoms with van der Waals surface area (Å²) >= 11 is 0. The van der Waals surface area contributed by atoms with Gasteiger partial charge in [0.1, 0.15) is 0 Å². The highest BCUT2D eigenvalue weighted by atomic mass is 31.2. The molecule has 1 aromatic carbocycles. The lowest BCUT2D eigenvalue weighted by atomic mass is 9.92. The van der Waals surface area contributed by atoms with E-state index < -0.39 is 7.37 Å². The number of nitrogens with zero attached hydrogens (tertiary/aromatic N) is 1. The van der Waals surface area contributed by atoms with Gasteiger partial charge in [-0.2, -0.15) is 0 Å². The quantitative estimate of drug-likeness (QED) is 0.579. The van der Waals surface area contributed by atoms with Gasteiger partial charge in [0.25, 0.3) is 0 Å². The fourth-order valence-corrected chi connectivity index (χ4v) is 6.89. The van der Waals surface area contributed by atoms with Crippen molar-refractivity contribution < 1.29 is 18.9 Å². The number of nitrogens with one attached hydrogen (secondary N) is 1. The van der Waals surface area contributed by atoms with Crippen LogP contribution >= 0.6 is 7.37 Å². The molecule has 2 heterocycles. The fourth-order valence-electron chi connectivity index (χ4n) is 3.81. The molecule has 7 heteroatoms. The number of rotatable bonds is 6. The molecule has 1 aliphatic rings. The number of hydrogen-bond acceptors (Lipinski definition) is 6. The molecule has 2 atom stereocenters. The van der Waals surface area contributed by atoms with Crippen LogP contribution in [0.25, 0.3) is 0 Å². The maximum absolute atomic E-state index is 14.0. The van der Waals surface area contributed by atoms with Crippen molar-refractivity contribution in [1.82, 2.24) is 4.98 Å². The number of aryl methyl sites for hydroxylation is 3. The molecule has 0 bridgehead atoms. The fraction of sp³-hybridized carbons (Fsp3) is 0.522. The van der Waals surface area contributed by atoms with E-state index in [1.165, 1.54) is 7.11 Å². The van der Waals surface area contributed by atoms with Crippen LogP contribution in [0.2, 0.25) is 0 Å². The van der Waals surface area contributed by atoms with Gasteiger partial charge in [0.2, 0.25) is 7.37 Å². The third kappa shape index (κ3) is 4.81. The minimum atomic E-state index is -2.97. The minimum absolute atomic E-state index is 0.0198. The first-order valence-corrected chi connectivity index (χ1v) is 12.2. The zero-order valence-electron chi connectivity index (χ0n) is 18.8. The second-order valence-electron chi connectivity index (χ2n) is 9.01. The molecule has 0 aliphatic carbocycles. The van der Waals surface area contributed by atoms with E-state index in [1.54, 1.807) is 6.07 Å². The summed E-state index contributed by atoms with van der Waals surface area (Å²) in [5.74, 6) is 0.489. The molecular weight excluding hydrogens is 399 g/mol. The molecule has 164 valence electrons. The Hall–Kier alpha value is -2.04. The molecule has 0 saturated carbocycles. The molecular formula is C23H33N2O4P. The average Bonchev–Trinajstić information content (AvgIpc) is 2.68. The molecule has 30 heavy (non-hydrogen) atoms. The zero-order chi connectivity index (χ0) is 22.1. The van der Waals surface area contributed by atoms with Crippen LogP contribution in [0, 0.1) is 26.2 Å². The Morgan fingerprint density at radius 1 is 1.30 bits per heavy atom. The number of aromatic nitrogens is 1. The SMILES string of the molecule is COc1cc(C(CNc2ccc(C)nc2C)P2(=O)CCC(C)(C)CO2)cc(C)c1O. The molecule has 2 unspecified atom stereocenters. The molecule has 1 saturated heterocycles. The predicted octanol–water partition coefficient (Wildman–Crippen LogP) is 5.60. The number of anilines is 1. The molecule has 1 aromatic heterocycles. The monoisotopic (exact) mass is 432 g/mol. The number of ether oxygens (including phenoxy) is 1. The Bertz CT molecular complexity index is 960. The summed E-state index contributed by atoms with van der Waals surface area (Å²) in [6.45, 7) is 10.9. The van der Waals surface area contributed by atoms with Gasteiger partial charge in [0, 0.05) is 18.4 Å². The third-order valence-electron chi connectivity index (χ3n) is 5.85. The van der Waals surface area contributed by atoms with Crippen molar-refractivity contribution in [3.8, 4) is 11.5 Å². The molecule has 1 fully saturated rings. The van der Waals surface area contributed by atoms with Gasteiger partial charge in [-0.05, 0) is 61.9 Å². The highest BCUT2D eigenvalue weighted by Crippen LogP contribution is 2.64. The Morgan fingerprint density at radius 2 is 2.03 bits per heavy atom. The molecule has 6 nitrogen and oxygen atoms in total. The molecule has 3 rings (SSSR count). The van der Waals surface area contributed by atoms with Crippen molar-refractivity contribution >= 4 is 13.1 Å². The van der Waals surface area contributed by atoms with E-state index >= 15 is 0 Å². The van der Waals surface area contributed by atoms with E-state index in [1.807, 2.05) is 39.0 Å². The van der Waals surface area contributed by atoms with Crippen molar-refractivity contribution in [3.05, 3.63) is 46.8 Å². The van der Waals surface area contributed by atoms with Gasteiger partial charge in [-0.15, -0.1) is 0 Å². The first-order valence-electron chi connectivity index (χ1n) is 10.3. The number of aromatic hydroxyl groups is 1. The molecule has 0 amide bonds. The minimum Gasteiger partial charge on any atom is -0.504 e. The summed E-state index contributed by atoms with van der Waals surface area (Å²) < 4.78 is 25.4. The van der Waals surface area contributed by atoms with Crippen molar-refractivity contribution in [2.75, 3.05) is 31.7 Å². The molecule has 0 radical (unpaired) electrons. The Morgan fingerprint density at radius 3 is 2.63 bits per heavy atom. The predicted molar refractivity (Wildman–Crippen MR) is 121 cm³/mol. The van der Waals surface area contributed by atoms with Crippen molar-refractivity contribution in [1.29, 1.82) is 0 Å². The van der Waals surface area contributed by atoms with E-state index in [2.05, 4.69) is 24.1 Å². The number of methoxy groups -OCH3 is 1. The highest BCUT2D eigenvalue weighted by molar-refractivity contribution is 7.59. The van der Waals surface area contributed by atoms with Crippen LogP contribution in [0.4, 0.5) is 5.69 Å². The van der Waals surface area contributed by atoms with Crippen LogP contribution in [0.1, 0.15) is 48.4 Å². The van der Waals surface area contributed by atoms with Crippen molar-refractivity contribution in [3.63, 3.8) is 0 Å². The Labute approximate surface area is 179 Å². The first-order chi connectivity index (χ1) is 14.0. The maximum atomic E-state index is 14.0. The molecule has 2 aromatic rings. The van der Waals surface area contributed by atoms with Gasteiger partial charge in [0.15, 0.2) is 11.5 Å². The Balaban J connectivity index is 1.97. The van der Waals surface area contributed by atoms with E-state index in [-0.39, 0.29) is 16.8 Å². The topological polar surface area (TPSA) is 80.7 Å². The zero-order valence-corrected chi connectivity index (χ0v) is 19.7. The lowest BCUT2D eigenvalue weighted by molar-refractivity contribution is 0.152. The third-order valence-corrected chi connectivity index (χ3v) is 8.70. The van der Waals surface area contributed by atoms with Gasteiger partial charge in [-0.25, -0.2) is 0 Å². The number of benzene rings is 1. The largest absolute Gasteiger partial charge is 0.504 e. The van der Waals surface area contributed by atoms with Gasteiger partial charge in [-0.1, -0.05) is 19.9 Å². The highest BCUT2D eigenvalue weighted by Gasteiger charge is 2.42. The molecule has 1 aliphatic heterocycles. The molecule has 0 spiro atoms. The van der Waals surface area contributed by atoms with Crippen LogP contribution in [-0.4, -0.2) is 36.5 Å². The van der Waals surface area contributed by atoms with Crippen molar-refractivity contribution in [2.24, 2.45) is 5.41 Å². The van der Waals surface area contributed by atoms with Gasteiger partial charge >= 0.3 is 0 Å². The van der Waals surface area contributed by atoms with Crippen LogP contribution in [0.5, 0.6) is 11.5 Å². The number of hydrogen-bond donors (Lipinski definition) is 2. The summed E-state index contributed by atoms with van der Waals surface area (Å²) in [5, 5.41) is 13.7. The summed E-state index contributed by atoms with van der Waals surface area (Å²) in [5.41, 5.74) is 3.96. The summed E-state index contributed by atoms with van der Waals surface area (Å²) in [6, 6.07) is 7.61. The first kappa shape index (κ1) is 22.6.